The van der Waals surface area contributed by atoms with E-state index in [-0.39, 0.29) is 17.5 Å². The van der Waals surface area contributed by atoms with E-state index in [1.807, 2.05) is 73.7 Å². The van der Waals surface area contributed by atoms with Crippen molar-refractivity contribution in [3.8, 4) is 0 Å². The van der Waals surface area contributed by atoms with Gasteiger partial charge in [-0.3, -0.25) is 9.59 Å². The van der Waals surface area contributed by atoms with Crippen LogP contribution in [-0.2, 0) is 11.3 Å². The summed E-state index contributed by atoms with van der Waals surface area (Å²) in [4.78, 5) is 44.1. The Kier molecular flexibility index (Phi) is 13.9. The molecule has 0 radical (unpaired) electrons. The number of aryl methyl sites for hydroxylation is 1. The summed E-state index contributed by atoms with van der Waals surface area (Å²) < 4.78 is 5.91. The summed E-state index contributed by atoms with van der Waals surface area (Å²) in [6.07, 6.45) is 2.78. The van der Waals surface area contributed by atoms with Gasteiger partial charge in [-0.25, -0.2) is 19.3 Å². The molecular weight excluding hydrogens is 781 g/mol. The number of nitrogens with zero attached hydrogens (tertiary/aromatic N) is 5. The first-order chi connectivity index (χ1) is 28.7. The Morgan fingerprint density at radius 3 is 2.44 bits per heavy atom. The fraction of sp³-hybridized carbons (Fsp3) is 0.209. The molecule has 1 atom stereocenters. The molecule has 1 unspecified atom stereocenters. The van der Waals surface area contributed by atoms with E-state index in [9.17, 15) is 9.59 Å². The fourth-order valence-corrected chi connectivity index (χ4v) is 8.04. The molecular formula is C43H46N12O2S2. The van der Waals surface area contributed by atoms with Gasteiger partial charge in [0.2, 0.25) is 17.8 Å². The quantitative estimate of drug-likeness (QED) is 0.0439. The third-order valence-electron chi connectivity index (χ3n) is 9.14. The highest BCUT2D eigenvalue weighted by Gasteiger charge is 2.25. The molecule has 6 aromatic rings. The fourth-order valence-electron chi connectivity index (χ4n) is 6.34. The van der Waals surface area contributed by atoms with E-state index in [1.165, 1.54) is 24.4 Å². The van der Waals surface area contributed by atoms with Crippen LogP contribution < -0.4 is 37.0 Å². The molecule has 0 bridgehead atoms. The second-order valence-corrected chi connectivity index (χ2v) is 15.9. The normalized spacial score (nSPS) is 13.7. The van der Waals surface area contributed by atoms with Crippen LogP contribution in [0.2, 0.25) is 0 Å². The van der Waals surface area contributed by atoms with Gasteiger partial charge in [0, 0.05) is 84.1 Å². The second-order valence-electron chi connectivity index (χ2n) is 13.9. The topological polar surface area (TPSA) is 187 Å². The summed E-state index contributed by atoms with van der Waals surface area (Å²) in [5.74, 6) is 1.57. The Labute approximate surface area is 352 Å². The summed E-state index contributed by atoms with van der Waals surface area (Å²) in [7, 11) is 0. The molecule has 14 nitrogen and oxygen atoms in total. The Bertz CT molecular complexity index is 2380. The molecule has 0 spiro atoms. The molecule has 0 aliphatic carbocycles. The van der Waals surface area contributed by atoms with Crippen molar-refractivity contribution in [3.05, 3.63) is 138 Å². The maximum Gasteiger partial charge on any atom is 0.274 e. The number of aromatic nitrogens is 4. The standard InChI is InChI=1S/C43H46N12O2S2/c1-28-22-39(52-42(48-28)46-20-18-44)41(57)50-33-12-14-37(15-13-33)58-54-36-10-4-7-31(24-36)32-17-21-55(27-32)59-38-11-5-9-35(25-38)51-43-45-19-16-40(53-43)49-34-8-3-6-30(23-34)26-47-29(2)56/h3-16,19,22-25,32,54H,17-18,20-21,26-27,44H2,1-2H3,(H,47,56)(H,50,57)(H,46,48,52)(H2,45,49,51,53). The number of amides is 2. The van der Waals surface area contributed by atoms with Gasteiger partial charge in [-0.1, -0.05) is 30.3 Å². The number of carbonyl (C=O) groups is 2. The molecule has 16 heteroatoms. The van der Waals surface area contributed by atoms with E-state index in [2.05, 4.69) is 91.9 Å². The van der Waals surface area contributed by atoms with E-state index in [1.54, 1.807) is 24.2 Å². The van der Waals surface area contributed by atoms with Crippen molar-refractivity contribution in [2.75, 3.05) is 52.2 Å². The molecule has 4 aromatic carbocycles. The van der Waals surface area contributed by atoms with Crippen LogP contribution in [0.25, 0.3) is 0 Å². The van der Waals surface area contributed by atoms with E-state index < -0.39 is 0 Å². The molecule has 7 rings (SSSR count). The van der Waals surface area contributed by atoms with Gasteiger partial charge in [0.05, 0.1) is 0 Å². The zero-order valence-electron chi connectivity index (χ0n) is 32.7. The van der Waals surface area contributed by atoms with Crippen molar-refractivity contribution in [2.24, 2.45) is 5.73 Å². The minimum Gasteiger partial charge on any atom is -0.353 e. The highest BCUT2D eigenvalue weighted by molar-refractivity contribution is 8.00. The van der Waals surface area contributed by atoms with Gasteiger partial charge in [-0.05, 0) is 133 Å². The summed E-state index contributed by atoms with van der Waals surface area (Å²) in [5, 5.41) is 15.5. The van der Waals surface area contributed by atoms with Crippen molar-refractivity contribution < 1.29 is 9.59 Å². The zero-order valence-corrected chi connectivity index (χ0v) is 34.4. The SMILES string of the molecule is CC(=O)NCc1cccc(Nc2ccnc(Nc3cccc(SN4CCC(c5cccc(NSc6ccc(NC(=O)c7cc(C)nc(NCCN)n7)cc6)c5)C4)c3)n2)c1. The summed E-state index contributed by atoms with van der Waals surface area (Å²) >= 11 is 3.28. The smallest absolute Gasteiger partial charge is 0.274 e. The number of anilines is 7. The van der Waals surface area contributed by atoms with Gasteiger partial charge in [0.15, 0.2) is 0 Å². The van der Waals surface area contributed by atoms with Crippen LogP contribution in [-0.4, -0.2) is 62.2 Å². The molecule has 59 heavy (non-hydrogen) atoms. The van der Waals surface area contributed by atoms with Crippen molar-refractivity contribution in [3.63, 3.8) is 0 Å². The summed E-state index contributed by atoms with van der Waals surface area (Å²) in [5.41, 5.74) is 12.3. The minimum absolute atomic E-state index is 0.0676. The molecule has 2 aromatic heterocycles. The van der Waals surface area contributed by atoms with Crippen LogP contribution in [0, 0.1) is 6.92 Å². The van der Waals surface area contributed by atoms with Gasteiger partial charge in [-0.2, -0.15) is 4.98 Å². The van der Waals surface area contributed by atoms with E-state index in [0.717, 1.165) is 51.9 Å². The average Bonchev–Trinajstić information content (AvgIpc) is 3.71. The largest absolute Gasteiger partial charge is 0.353 e. The number of rotatable bonds is 17. The van der Waals surface area contributed by atoms with Gasteiger partial charge in [-0.15, -0.1) is 0 Å². The van der Waals surface area contributed by atoms with Crippen LogP contribution in [0.5, 0.6) is 0 Å². The van der Waals surface area contributed by atoms with Crippen LogP contribution >= 0.6 is 23.9 Å². The predicted octanol–water partition coefficient (Wildman–Crippen LogP) is 7.94. The van der Waals surface area contributed by atoms with Crippen LogP contribution in [0.1, 0.15) is 46.6 Å². The first kappa shape index (κ1) is 41.0. The Morgan fingerprint density at radius 1 is 0.814 bits per heavy atom. The van der Waals surface area contributed by atoms with Crippen molar-refractivity contribution in [1.29, 1.82) is 0 Å². The number of benzene rings is 4. The van der Waals surface area contributed by atoms with Crippen LogP contribution in [0.15, 0.2) is 125 Å². The summed E-state index contributed by atoms with van der Waals surface area (Å²) in [6.45, 7) is 6.67. The molecule has 8 N–H and O–H groups in total. The lowest BCUT2D eigenvalue weighted by Gasteiger charge is -2.16. The molecule has 1 aliphatic rings. The van der Waals surface area contributed by atoms with Gasteiger partial charge < -0.3 is 37.0 Å². The lowest BCUT2D eigenvalue weighted by Crippen LogP contribution is -2.18. The second kappa shape index (κ2) is 20.0. The summed E-state index contributed by atoms with van der Waals surface area (Å²) in [6, 6.07) is 35.9. The highest BCUT2D eigenvalue weighted by Crippen LogP contribution is 2.36. The molecule has 2 amide bonds. The van der Waals surface area contributed by atoms with Crippen molar-refractivity contribution in [2.45, 2.75) is 42.5 Å². The number of carbonyl (C=O) groups excluding carboxylic acids is 2. The Morgan fingerprint density at radius 2 is 1.61 bits per heavy atom. The molecule has 302 valence electrons. The average molecular weight is 827 g/mol. The highest BCUT2D eigenvalue weighted by atomic mass is 32.2. The third kappa shape index (κ3) is 12.2. The number of hydrogen-bond acceptors (Lipinski definition) is 14. The first-order valence-electron chi connectivity index (χ1n) is 19.2. The van der Waals surface area contributed by atoms with E-state index in [4.69, 9.17) is 5.73 Å². The number of nitrogens with one attached hydrogen (secondary N) is 6. The lowest BCUT2D eigenvalue weighted by molar-refractivity contribution is -0.119. The van der Waals surface area contributed by atoms with Crippen molar-refractivity contribution in [1.82, 2.24) is 29.6 Å². The number of hydrogen-bond donors (Lipinski definition) is 7. The molecule has 1 aliphatic heterocycles. The Hall–Kier alpha value is -6.20. The molecule has 1 saturated heterocycles. The predicted molar refractivity (Wildman–Crippen MR) is 238 cm³/mol. The minimum atomic E-state index is -0.307. The third-order valence-corrected chi connectivity index (χ3v) is 11.0. The van der Waals surface area contributed by atoms with Gasteiger partial charge >= 0.3 is 0 Å². The first-order valence-corrected chi connectivity index (χ1v) is 20.8. The van der Waals surface area contributed by atoms with E-state index >= 15 is 0 Å². The molecule has 1 fully saturated rings. The maximum absolute atomic E-state index is 12.9. The monoisotopic (exact) mass is 826 g/mol. The lowest BCUT2D eigenvalue weighted by atomic mass is 9.98. The van der Waals surface area contributed by atoms with Crippen LogP contribution in [0.3, 0.4) is 0 Å². The van der Waals surface area contributed by atoms with Crippen molar-refractivity contribution >= 4 is 76.2 Å². The van der Waals surface area contributed by atoms with Crippen LogP contribution in [0.4, 0.5) is 40.5 Å². The molecule has 0 saturated carbocycles. The maximum atomic E-state index is 12.9. The zero-order chi connectivity index (χ0) is 41.0. The van der Waals surface area contributed by atoms with Gasteiger partial charge in [0.1, 0.15) is 11.5 Å². The van der Waals surface area contributed by atoms with Gasteiger partial charge in [0.25, 0.3) is 5.91 Å². The Balaban J connectivity index is 0.884. The number of nitrogens with two attached hydrogens (primary N) is 1. The molecule has 3 heterocycles. The van der Waals surface area contributed by atoms with E-state index in [0.29, 0.717) is 54.6 Å².